The fourth-order valence-electron chi connectivity index (χ4n) is 17.4. The van der Waals surface area contributed by atoms with Crippen LogP contribution in [0.1, 0.15) is 206 Å². The zero-order valence-corrected chi connectivity index (χ0v) is 61.5. The SMILES string of the molecule is CCCCCCC(C)(CC)c1ccc2c(c1)C13c4cc(N(c5ccc(B6OC(C)(C)C(C)(C)O6)cc5)c5ccccc5-c5ccccc5)ccc4-c4ccc(cc41)N(c1ccccc1-c1ccccc1)c1ccc(B4OC(C)(C)C(C)(C)O4)cc1C(CC)(CCCCCC)c1ccc-2c3c1. The normalized spacial score (nSPS) is 19.8. The molecule has 10 aromatic rings. The first-order valence-electron chi connectivity index (χ1n) is 37.7. The summed E-state index contributed by atoms with van der Waals surface area (Å²) in [4.78, 5) is 5.15. The van der Waals surface area contributed by atoms with Gasteiger partial charge in [-0.3, -0.25) is 0 Å². The van der Waals surface area contributed by atoms with Gasteiger partial charge in [0.15, 0.2) is 0 Å². The summed E-state index contributed by atoms with van der Waals surface area (Å²) in [7, 11) is -1.05. The first-order valence-corrected chi connectivity index (χ1v) is 37.7. The summed E-state index contributed by atoms with van der Waals surface area (Å²) in [5.74, 6) is 0. The highest BCUT2D eigenvalue weighted by Gasteiger charge is 2.56. The second-order valence-electron chi connectivity index (χ2n) is 31.7. The topological polar surface area (TPSA) is 43.4 Å². The van der Waals surface area contributed by atoms with Gasteiger partial charge in [0.25, 0.3) is 0 Å². The van der Waals surface area contributed by atoms with Crippen LogP contribution in [0.25, 0.3) is 44.5 Å². The number of rotatable bonds is 21. The summed E-state index contributed by atoms with van der Waals surface area (Å²) < 4.78 is 27.5. The molecular weight excluding hydrogens is 1220 g/mol. The van der Waals surface area contributed by atoms with Crippen molar-refractivity contribution in [2.45, 2.75) is 206 Å². The Morgan fingerprint density at radius 1 is 0.400 bits per heavy atom. The number of para-hydroxylation sites is 2. The monoisotopic (exact) mass is 1320 g/mol. The molecule has 15 rings (SSSR count). The van der Waals surface area contributed by atoms with E-state index < -0.39 is 47.5 Å². The lowest BCUT2D eigenvalue weighted by atomic mass is 9.64. The molecule has 508 valence electrons. The molecule has 1 spiro atoms. The van der Waals surface area contributed by atoms with Gasteiger partial charge >= 0.3 is 14.2 Å². The van der Waals surface area contributed by atoms with E-state index in [0.29, 0.717) is 0 Å². The Balaban J connectivity index is 1.04. The molecule has 8 heteroatoms. The van der Waals surface area contributed by atoms with Gasteiger partial charge in [0.2, 0.25) is 0 Å². The maximum atomic E-state index is 7.06. The molecule has 2 saturated heterocycles. The molecule has 100 heavy (non-hydrogen) atoms. The molecule has 0 saturated carbocycles. The molecule has 0 N–H and O–H groups in total. The van der Waals surface area contributed by atoms with Crippen molar-refractivity contribution in [3.63, 3.8) is 0 Å². The van der Waals surface area contributed by atoms with Crippen LogP contribution in [-0.2, 0) is 34.9 Å². The van der Waals surface area contributed by atoms with Crippen molar-refractivity contribution < 1.29 is 18.6 Å². The average Bonchev–Trinajstić information content (AvgIpc) is 1.50. The molecule has 2 fully saturated rings. The van der Waals surface area contributed by atoms with Crippen LogP contribution in [-0.4, -0.2) is 36.6 Å². The molecule has 5 aliphatic rings. The Kier molecular flexibility index (Phi) is 17.6. The molecule has 6 nitrogen and oxygen atoms in total. The van der Waals surface area contributed by atoms with E-state index in [4.69, 9.17) is 18.6 Å². The number of hydrogen-bond acceptors (Lipinski definition) is 6. The predicted molar refractivity (Wildman–Crippen MR) is 421 cm³/mol. The van der Waals surface area contributed by atoms with E-state index in [-0.39, 0.29) is 5.41 Å². The average molecular weight is 1320 g/mol. The van der Waals surface area contributed by atoms with Gasteiger partial charge in [-0.1, -0.05) is 256 Å². The second kappa shape index (κ2) is 26.0. The number of fused-ring (bicyclic) bond motifs is 7. The van der Waals surface area contributed by atoms with Gasteiger partial charge < -0.3 is 28.4 Å². The van der Waals surface area contributed by atoms with E-state index in [2.05, 4.69) is 324 Å². The molecule has 4 bridgehead atoms. The van der Waals surface area contributed by atoms with E-state index in [1.807, 2.05) is 0 Å². The largest absolute Gasteiger partial charge is 0.494 e. The van der Waals surface area contributed by atoms with Crippen LogP contribution in [0.15, 0.2) is 224 Å². The first-order chi connectivity index (χ1) is 48.2. The van der Waals surface area contributed by atoms with Gasteiger partial charge in [0, 0.05) is 33.6 Å². The summed E-state index contributed by atoms with van der Waals surface area (Å²) in [5.41, 5.74) is 24.5. The van der Waals surface area contributed by atoms with Crippen molar-refractivity contribution in [1.82, 2.24) is 0 Å². The van der Waals surface area contributed by atoms with E-state index in [0.717, 1.165) is 101 Å². The van der Waals surface area contributed by atoms with E-state index in [1.165, 1.54) is 104 Å². The fraction of sp³-hybridized carbons (Fsp3) is 0.348. The molecule has 3 unspecified atom stereocenters. The summed E-state index contributed by atoms with van der Waals surface area (Å²) in [5, 5.41) is 0. The van der Waals surface area contributed by atoms with Crippen LogP contribution in [0.4, 0.5) is 34.1 Å². The Labute approximate surface area is 597 Å². The maximum absolute atomic E-state index is 7.06. The van der Waals surface area contributed by atoms with Crippen LogP contribution in [0.5, 0.6) is 0 Å². The number of hydrogen-bond donors (Lipinski definition) is 0. The Hall–Kier alpha value is -8.23. The predicted octanol–water partition coefficient (Wildman–Crippen LogP) is 23.5. The van der Waals surface area contributed by atoms with Gasteiger partial charge in [0.05, 0.1) is 44.9 Å². The van der Waals surface area contributed by atoms with E-state index in [9.17, 15) is 0 Å². The lowest BCUT2D eigenvalue weighted by Crippen LogP contribution is -2.41. The van der Waals surface area contributed by atoms with Crippen molar-refractivity contribution in [2.75, 3.05) is 9.80 Å². The highest BCUT2D eigenvalue weighted by Crippen LogP contribution is 2.66. The van der Waals surface area contributed by atoms with Crippen molar-refractivity contribution >= 4 is 59.3 Å². The van der Waals surface area contributed by atoms with Crippen molar-refractivity contribution in [3.05, 3.63) is 263 Å². The van der Waals surface area contributed by atoms with Gasteiger partial charge in [-0.25, -0.2) is 0 Å². The van der Waals surface area contributed by atoms with Crippen molar-refractivity contribution in [2.24, 2.45) is 0 Å². The Bertz CT molecular complexity index is 4660. The van der Waals surface area contributed by atoms with Gasteiger partial charge in [-0.05, 0) is 224 Å². The van der Waals surface area contributed by atoms with E-state index in [1.54, 1.807) is 0 Å². The van der Waals surface area contributed by atoms with Crippen molar-refractivity contribution in [1.29, 1.82) is 0 Å². The summed E-state index contributed by atoms with van der Waals surface area (Å²) in [6.45, 7) is 29.3. The van der Waals surface area contributed by atoms with Crippen LogP contribution >= 0.6 is 0 Å². The molecule has 10 aromatic carbocycles. The Morgan fingerprint density at radius 2 is 0.910 bits per heavy atom. The van der Waals surface area contributed by atoms with E-state index >= 15 is 0 Å². The summed E-state index contributed by atoms with van der Waals surface area (Å²) in [6, 6.07) is 86.8. The minimum atomic E-state index is -0.772. The molecule has 3 aliphatic heterocycles. The fourth-order valence-corrected chi connectivity index (χ4v) is 17.4. The quantitative estimate of drug-likeness (QED) is 0.0528. The minimum Gasteiger partial charge on any atom is -0.399 e. The summed E-state index contributed by atoms with van der Waals surface area (Å²) >= 11 is 0. The van der Waals surface area contributed by atoms with Crippen LogP contribution in [0, 0.1) is 0 Å². The molecule has 0 amide bonds. The third kappa shape index (κ3) is 11.1. The zero-order valence-electron chi connectivity index (χ0n) is 61.5. The van der Waals surface area contributed by atoms with Gasteiger partial charge in [-0.2, -0.15) is 0 Å². The minimum absolute atomic E-state index is 0.0463. The maximum Gasteiger partial charge on any atom is 0.494 e. The van der Waals surface area contributed by atoms with Crippen molar-refractivity contribution in [3.8, 4) is 44.5 Å². The third-order valence-electron chi connectivity index (χ3n) is 24.9. The van der Waals surface area contributed by atoms with Gasteiger partial charge in [-0.15, -0.1) is 0 Å². The Morgan fingerprint density at radius 3 is 1.54 bits per heavy atom. The molecule has 2 aliphatic carbocycles. The van der Waals surface area contributed by atoms with Gasteiger partial charge in [0.1, 0.15) is 0 Å². The lowest BCUT2D eigenvalue weighted by molar-refractivity contribution is 0.00578. The molecule has 0 aromatic heterocycles. The number of nitrogens with zero attached hydrogens (tertiary/aromatic N) is 2. The zero-order chi connectivity index (χ0) is 69.6. The number of anilines is 6. The second-order valence-corrected chi connectivity index (χ2v) is 31.7. The first kappa shape index (κ1) is 67.6. The highest BCUT2D eigenvalue weighted by atomic mass is 16.7. The molecular formula is C92H100B2N2O4. The van der Waals surface area contributed by atoms with Crippen LogP contribution < -0.4 is 20.7 Å². The number of unbranched alkanes of at least 4 members (excludes halogenated alkanes) is 6. The van der Waals surface area contributed by atoms with Crippen LogP contribution in [0.3, 0.4) is 0 Å². The summed E-state index contributed by atoms with van der Waals surface area (Å²) in [6.07, 6.45) is 13.5. The van der Waals surface area contributed by atoms with Crippen LogP contribution in [0.2, 0.25) is 0 Å². The molecule has 3 atom stereocenters. The third-order valence-corrected chi connectivity index (χ3v) is 24.9. The molecule has 3 heterocycles. The number of benzene rings is 10. The molecule has 0 radical (unpaired) electrons. The smallest absolute Gasteiger partial charge is 0.399 e. The lowest BCUT2D eigenvalue weighted by Gasteiger charge is -2.40. The highest BCUT2D eigenvalue weighted by molar-refractivity contribution is 6.62. The standard InChI is InChI=1S/C92H100B2N2O4/c1-14-18-20-32-56-90(13,16-3)65-42-51-74-75-52-43-66-59-79(75)92(78(74)58-65)80-61-70(95(83-40-30-28-38-72(83)63-34-24-22-25-35-63)69-47-44-67(45-48-69)93-97-86(5,6)87(7,8)98-93)49-53-76(80)77-54-50-71(62-81(77)92)96(84-41-31-29-39-73(84)64-36-26-23-27-37-64)85-55-46-68(94-99-88(9,10)89(11,12)100-94)60-82(85)91(66,17-4)57-33-21-19-15-2/h22-31,34-55,58-62H,14-21,32-33,56-57H2,1-13H3.